The Kier molecular flexibility index (Phi) is 5.12. The minimum atomic E-state index is -0.662. The Bertz CT molecular complexity index is 1210. The molecule has 0 aliphatic rings. The lowest BCUT2D eigenvalue weighted by atomic mass is 10.0. The predicted molar refractivity (Wildman–Crippen MR) is 108 cm³/mol. The maximum Gasteiger partial charge on any atom is 0.339 e. The van der Waals surface area contributed by atoms with Crippen molar-refractivity contribution in [1.82, 2.24) is 4.98 Å². The lowest BCUT2D eigenvalue weighted by molar-refractivity contribution is 0.0475. The molecule has 4 nitrogen and oxygen atoms in total. The van der Waals surface area contributed by atoms with Crippen LogP contribution < -0.4 is 0 Å². The number of carbonyl (C=O) groups excluding carboxylic acids is 2. The molecular formula is C24H16FNO3. The molecule has 0 atom stereocenters. The maximum absolute atomic E-state index is 13.8. The van der Waals surface area contributed by atoms with Gasteiger partial charge >= 0.3 is 5.97 Å². The molecule has 0 saturated heterocycles. The van der Waals surface area contributed by atoms with Crippen molar-refractivity contribution in [3.05, 3.63) is 102 Å². The molecular weight excluding hydrogens is 369 g/mol. The van der Waals surface area contributed by atoms with Crippen LogP contribution in [0.3, 0.4) is 0 Å². The van der Waals surface area contributed by atoms with Crippen LogP contribution in [-0.2, 0) is 4.74 Å². The first-order valence-electron chi connectivity index (χ1n) is 9.03. The second kappa shape index (κ2) is 8.02. The first-order chi connectivity index (χ1) is 14.1. The normalized spacial score (nSPS) is 10.7. The van der Waals surface area contributed by atoms with E-state index in [0.717, 1.165) is 5.56 Å². The zero-order valence-corrected chi connectivity index (χ0v) is 15.3. The van der Waals surface area contributed by atoms with Gasteiger partial charge in [-0.3, -0.25) is 4.79 Å². The highest BCUT2D eigenvalue weighted by atomic mass is 19.1. The maximum atomic E-state index is 13.8. The third-order valence-electron chi connectivity index (χ3n) is 4.51. The molecule has 0 N–H and O–H groups in total. The van der Waals surface area contributed by atoms with Crippen molar-refractivity contribution in [2.45, 2.75) is 0 Å². The number of hydrogen-bond acceptors (Lipinski definition) is 4. The van der Waals surface area contributed by atoms with Gasteiger partial charge in [0.05, 0.1) is 22.3 Å². The Morgan fingerprint density at radius 2 is 1.52 bits per heavy atom. The van der Waals surface area contributed by atoms with Gasteiger partial charge in [-0.25, -0.2) is 14.2 Å². The molecule has 142 valence electrons. The molecule has 0 unspecified atom stereocenters. The van der Waals surface area contributed by atoms with E-state index in [1.54, 1.807) is 24.3 Å². The van der Waals surface area contributed by atoms with Crippen LogP contribution in [0.15, 0.2) is 84.9 Å². The van der Waals surface area contributed by atoms with Gasteiger partial charge in [-0.1, -0.05) is 60.7 Å². The van der Waals surface area contributed by atoms with E-state index in [1.165, 1.54) is 18.2 Å². The zero-order chi connectivity index (χ0) is 20.2. The Hall–Kier alpha value is -3.86. The molecule has 0 spiro atoms. The summed E-state index contributed by atoms with van der Waals surface area (Å²) < 4.78 is 19.0. The van der Waals surface area contributed by atoms with Crippen molar-refractivity contribution >= 4 is 22.7 Å². The van der Waals surface area contributed by atoms with E-state index < -0.39 is 24.2 Å². The molecule has 0 aliphatic carbocycles. The van der Waals surface area contributed by atoms with Crippen LogP contribution in [0.2, 0.25) is 0 Å². The van der Waals surface area contributed by atoms with E-state index >= 15 is 0 Å². The molecule has 0 amide bonds. The summed E-state index contributed by atoms with van der Waals surface area (Å²) in [6.45, 7) is -0.545. The molecule has 0 saturated carbocycles. The standard InChI is InChI=1S/C24H16FNO3/c25-20-12-6-4-11-18(20)23(27)15-29-24(28)19-14-22(16-8-2-1-3-9-16)26-21-13-7-5-10-17(19)21/h1-14H,15H2. The number of rotatable bonds is 5. The summed E-state index contributed by atoms with van der Waals surface area (Å²) in [6, 6.07) is 23.9. The van der Waals surface area contributed by atoms with Crippen LogP contribution in [0.1, 0.15) is 20.7 Å². The Morgan fingerprint density at radius 3 is 2.31 bits per heavy atom. The number of pyridine rings is 1. The summed E-state index contributed by atoms with van der Waals surface area (Å²) in [5.41, 5.74) is 2.31. The topological polar surface area (TPSA) is 56.3 Å². The van der Waals surface area contributed by atoms with Gasteiger partial charge < -0.3 is 4.74 Å². The van der Waals surface area contributed by atoms with Gasteiger partial charge in [0.15, 0.2) is 6.61 Å². The smallest absolute Gasteiger partial charge is 0.339 e. The van der Waals surface area contributed by atoms with Crippen molar-refractivity contribution in [1.29, 1.82) is 0 Å². The zero-order valence-electron chi connectivity index (χ0n) is 15.3. The largest absolute Gasteiger partial charge is 0.454 e. The van der Waals surface area contributed by atoms with Gasteiger partial charge in [0.25, 0.3) is 0 Å². The van der Waals surface area contributed by atoms with E-state index in [0.29, 0.717) is 22.2 Å². The van der Waals surface area contributed by atoms with Crippen molar-refractivity contribution < 1.29 is 18.7 Å². The molecule has 29 heavy (non-hydrogen) atoms. The van der Waals surface area contributed by atoms with Gasteiger partial charge in [0.1, 0.15) is 5.82 Å². The number of Topliss-reactive ketones (excluding diaryl/α,β-unsaturated/α-hetero) is 1. The van der Waals surface area contributed by atoms with Crippen LogP contribution >= 0.6 is 0 Å². The van der Waals surface area contributed by atoms with E-state index in [1.807, 2.05) is 42.5 Å². The molecule has 0 aliphatic heterocycles. The second-order valence-electron chi connectivity index (χ2n) is 6.42. The Balaban J connectivity index is 1.65. The number of hydrogen-bond donors (Lipinski definition) is 0. The summed E-state index contributed by atoms with van der Waals surface area (Å²) in [5, 5.41) is 0.621. The molecule has 0 bridgehead atoms. The summed E-state index contributed by atoms with van der Waals surface area (Å²) in [5.74, 6) is -1.90. The number of carbonyl (C=O) groups is 2. The monoisotopic (exact) mass is 385 g/mol. The van der Waals surface area contributed by atoms with E-state index in [4.69, 9.17) is 4.74 Å². The number of aromatic nitrogens is 1. The highest BCUT2D eigenvalue weighted by Crippen LogP contribution is 2.25. The van der Waals surface area contributed by atoms with Crippen molar-refractivity contribution in [3.63, 3.8) is 0 Å². The van der Waals surface area contributed by atoms with Gasteiger partial charge in [-0.15, -0.1) is 0 Å². The number of benzene rings is 3. The number of ketones is 1. The summed E-state index contributed by atoms with van der Waals surface area (Å²) in [6.07, 6.45) is 0. The summed E-state index contributed by atoms with van der Waals surface area (Å²) in [4.78, 5) is 29.6. The lowest BCUT2D eigenvalue weighted by Gasteiger charge is -2.10. The summed E-state index contributed by atoms with van der Waals surface area (Å²) >= 11 is 0. The van der Waals surface area contributed by atoms with E-state index in [-0.39, 0.29) is 5.56 Å². The number of esters is 1. The van der Waals surface area contributed by atoms with Crippen LogP contribution in [-0.4, -0.2) is 23.3 Å². The molecule has 1 heterocycles. The molecule has 5 heteroatoms. The van der Waals surface area contributed by atoms with Gasteiger partial charge in [0.2, 0.25) is 5.78 Å². The quantitative estimate of drug-likeness (QED) is 0.355. The van der Waals surface area contributed by atoms with E-state index in [9.17, 15) is 14.0 Å². The Morgan fingerprint density at radius 1 is 0.828 bits per heavy atom. The third kappa shape index (κ3) is 3.89. The first-order valence-corrected chi connectivity index (χ1v) is 9.03. The number of ether oxygens (including phenoxy) is 1. The predicted octanol–water partition coefficient (Wildman–Crippen LogP) is 5.08. The molecule has 3 aromatic carbocycles. The highest BCUT2D eigenvalue weighted by molar-refractivity contribution is 6.06. The number of para-hydroxylation sites is 1. The molecule has 4 rings (SSSR count). The van der Waals surface area contributed by atoms with Crippen LogP contribution in [0.25, 0.3) is 22.2 Å². The number of nitrogens with zero attached hydrogens (tertiary/aromatic N) is 1. The van der Waals surface area contributed by atoms with E-state index in [2.05, 4.69) is 4.98 Å². The third-order valence-corrected chi connectivity index (χ3v) is 4.51. The minimum absolute atomic E-state index is 0.107. The number of halogens is 1. The van der Waals surface area contributed by atoms with Gasteiger partial charge in [0, 0.05) is 10.9 Å². The van der Waals surface area contributed by atoms with Crippen molar-refractivity contribution in [3.8, 4) is 11.3 Å². The summed E-state index contributed by atoms with van der Waals surface area (Å²) in [7, 11) is 0. The fourth-order valence-corrected chi connectivity index (χ4v) is 3.08. The fraction of sp³-hybridized carbons (Fsp3) is 0.0417. The fourth-order valence-electron chi connectivity index (χ4n) is 3.08. The van der Waals surface area contributed by atoms with Gasteiger partial charge in [-0.05, 0) is 24.3 Å². The van der Waals surface area contributed by atoms with Crippen LogP contribution in [0.4, 0.5) is 4.39 Å². The first kappa shape index (κ1) is 18.5. The average molecular weight is 385 g/mol. The van der Waals surface area contributed by atoms with Crippen molar-refractivity contribution in [2.24, 2.45) is 0 Å². The van der Waals surface area contributed by atoms with Gasteiger partial charge in [-0.2, -0.15) is 0 Å². The molecule has 0 fully saturated rings. The van der Waals surface area contributed by atoms with Crippen molar-refractivity contribution in [2.75, 3.05) is 6.61 Å². The average Bonchev–Trinajstić information content (AvgIpc) is 2.77. The molecule has 4 aromatic rings. The van der Waals surface area contributed by atoms with Crippen LogP contribution in [0.5, 0.6) is 0 Å². The highest BCUT2D eigenvalue weighted by Gasteiger charge is 2.18. The second-order valence-corrected chi connectivity index (χ2v) is 6.42. The molecule has 1 aromatic heterocycles. The Labute approximate surface area is 166 Å². The SMILES string of the molecule is O=C(COC(=O)c1cc(-c2ccccc2)nc2ccccc12)c1ccccc1F. The van der Waals surface area contributed by atoms with Crippen LogP contribution in [0, 0.1) is 5.82 Å². The number of fused-ring (bicyclic) bond motifs is 1. The lowest BCUT2D eigenvalue weighted by Crippen LogP contribution is -2.16. The minimum Gasteiger partial charge on any atom is -0.454 e. The molecule has 0 radical (unpaired) electrons.